The van der Waals surface area contributed by atoms with Crippen LogP contribution in [0.2, 0.25) is 0 Å². The number of hydrogen-bond acceptors (Lipinski definition) is 3. The minimum Gasteiger partial charge on any atom is -0.375 e. The Morgan fingerprint density at radius 3 is 2.76 bits per heavy atom. The number of hydrogen-bond donors (Lipinski definition) is 2. The maximum absolute atomic E-state index is 11.9. The zero-order valence-corrected chi connectivity index (χ0v) is 9.86. The van der Waals surface area contributed by atoms with Crippen LogP contribution >= 0.6 is 0 Å². The molecule has 0 bridgehead atoms. The van der Waals surface area contributed by atoms with Crippen molar-refractivity contribution in [1.82, 2.24) is 0 Å². The van der Waals surface area contributed by atoms with Gasteiger partial charge >= 0.3 is 0 Å². The highest BCUT2D eigenvalue weighted by Gasteiger charge is 2.51. The third kappa shape index (κ3) is 1.56. The molecule has 4 nitrogen and oxygen atoms in total. The lowest BCUT2D eigenvalue weighted by molar-refractivity contribution is -0.147. The van der Waals surface area contributed by atoms with Crippen LogP contribution in [0.3, 0.4) is 0 Å². The molecule has 0 spiro atoms. The fraction of sp³-hybridized carbons (Fsp3) is 0.385. The summed E-state index contributed by atoms with van der Waals surface area (Å²) in [4.78, 5) is 23.6. The first kappa shape index (κ1) is 11.8. The van der Waals surface area contributed by atoms with Crippen LogP contribution in [0.4, 0.5) is 5.69 Å². The molecule has 0 fully saturated rings. The van der Waals surface area contributed by atoms with Gasteiger partial charge in [0.05, 0.1) is 5.92 Å². The molecule has 1 amide bonds. The van der Waals surface area contributed by atoms with E-state index in [1.165, 1.54) is 0 Å². The molecule has 1 heterocycles. The van der Waals surface area contributed by atoms with Gasteiger partial charge in [-0.1, -0.05) is 32.0 Å². The van der Waals surface area contributed by atoms with Gasteiger partial charge in [0.15, 0.2) is 5.60 Å². The quantitative estimate of drug-likeness (QED) is 0.830. The number of ketones is 1. The monoisotopic (exact) mass is 233 g/mol. The molecule has 0 saturated carbocycles. The predicted molar refractivity (Wildman–Crippen MR) is 63.4 cm³/mol. The molecule has 90 valence electrons. The van der Waals surface area contributed by atoms with E-state index in [9.17, 15) is 14.7 Å². The highest BCUT2D eigenvalue weighted by molar-refractivity contribution is 6.07. The van der Waals surface area contributed by atoms with E-state index in [0.29, 0.717) is 17.7 Å². The average Bonchev–Trinajstić information content (AvgIpc) is 2.61. The summed E-state index contributed by atoms with van der Waals surface area (Å²) in [5.74, 6) is -1.39. The second-order valence-corrected chi connectivity index (χ2v) is 4.31. The molecule has 2 N–H and O–H groups in total. The SMILES string of the molecule is CCC(=O)[C@H](C)[C@@]1(O)C(=O)Nc2ccccc21. The van der Waals surface area contributed by atoms with Gasteiger partial charge in [-0.2, -0.15) is 0 Å². The van der Waals surface area contributed by atoms with Crippen LogP contribution in [-0.2, 0) is 15.2 Å². The number of carbonyl (C=O) groups excluding carboxylic acids is 2. The van der Waals surface area contributed by atoms with Crippen LogP contribution in [0.1, 0.15) is 25.8 Å². The summed E-state index contributed by atoms with van der Waals surface area (Å²) in [6.07, 6.45) is 0.304. The van der Waals surface area contributed by atoms with E-state index in [1.807, 2.05) is 0 Å². The Labute approximate surface area is 99.6 Å². The standard InChI is InChI=1S/C13H15NO3/c1-3-11(15)8(2)13(17)9-6-4-5-7-10(9)14-12(13)16/h4-8,17H,3H2,1-2H3,(H,14,16)/t8-,13-/m0/s1. The van der Waals surface area contributed by atoms with Crippen molar-refractivity contribution in [1.29, 1.82) is 0 Å². The predicted octanol–water partition coefficient (Wildman–Crippen LogP) is 1.44. The number of carbonyl (C=O) groups is 2. The molecule has 0 aliphatic carbocycles. The maximum atomic E-state index is 11.9. The molecule has 0 saturated heterocycles. The Bertz CT molecular complexity index is 483. The van der Waals surface area contributed by atoms with Crippen molar-refractivity contribution in [2.75, 3.05) is 5.32 Å². The number of amides is 1. The van der Waals surface area contributed by atoms with Crippen molar-refractivity contribution < 1.29 is 14.7 Å². The van der Waals surface area contributed by atoms with E-state index in [1.54, 1.807) is 38.1 Å². The van der Waals surface area contributed by atoms with E-state index in [0.717, 1.165) is 0 Å². The lowest BCUT2D eigenvalue weighted by Gasteiger charge is -2.26. The van der Waals surface area contributed by atoms with E-state index >= 15 is 0 Å². The van der Waals surface area contributed by atoms with Crippen molar-refractivity contribution in [2.45, 2.75) is 25.9 Å². The van der Waals surface area contributed by atoms with Crippen LogP contribution in [-0.4, -0.2) is 16.8 Å². The molecule has 0 aromatic heterocycles. The Morgan fingerprint density at radius 2 is 2.12 bits per heavy atom. The Morgan fingerprint density at radius 1 is 1.47 bits per heavy atom. The zero-order chi connectivity index (χ0) is 12.6. The summed E-state index contributed by atoms with van der Waals surface area (Å²) < 4.78 is 0. The van der Waals surface area contributed by atoms with Crippen LogP contribution in [0.5, 0.6) is 0 Å². The molecule has 2 atom stereocenters. The van der Waals surface area contributed by atoms with Gasteiger partial charge in [-0.25, -0.2) is 0 Å². The van der Waals surface area contributed by atoms with Crippen LogP contribution < -0.4 is 5.32 Å². The summed E-state index contributed by atoms with van der Waals surface area (Å²) in [5.41, 5.74) is -0.668. The average molecular weight is 233 g/mol. The second kappa shape index (κ2) is 3.96. The molecule has 1 aliphatic rings. The van der Waals surface area contributed by atoms with Crippen molar-refractivity contribution >= 4 is 17.4 Å². The fourth-order valence-electron chi connectivity index (χ4n) is 2.23. The van der Waals surface area contributed by atoms with Crippen molar-refractivity contribution in [3.05, 3.63) is 29.8 Å². The molecule has 2 rings (SSSR count). The number of aliphatic hydroxyl groups is 1. The summed E-state index contributed by atoms with van der Waals surface area (Å²) in [6, 6.07) is 6.91. The van der Waals surface area contributed by atoms with E-state index in [-0.39, 0.29) is 5.78 Å². The lowest BCUT2D eigenvalue weighted by atomic mass is 9.80. The molecule has 0 radical (unpaired) electrons. The van der Waals surface area contributed by atoms with Crippen LogP contribution in [0.25, 0.3) is 0 Å². The van der Waals surface area contributed by atoms with Crippen molar-refractivity contribution in [2.24, 2.45) is 5.92 Å². The van der Waals surface area contributed by atoms with Gasteiger partial charge in [0.2, 0.25) is 0 Å². The molecule has 4 heteroatoms. The summed E-state index contributed by atoms with van der Waals surface area (Å²) >= 11 is 0. The number of para-hydroxylation sites is 1. The highest BCUT2D eigenvalue weighted by Crippen LogP contribution is 2.41. The normalized spacial score (nSPS) is 24.1. The van der Waals surface area contributed by atoms with Gasteiger partial charge in [0.1, 0.15) is 5.78 Å². The minimum atomic E-state index is -1.73. The van der Waals surface area contributed by atoms with Gasteiger partial charge < -0.3 is 10.4 Å². The molecule has 1 aliphatic heterocycles. The smallest absolute Gasteiger partial charge is 0.261 e. The first-order valence-corrected chi connectivity index (χ1v) is 5.67. The van der Waals surface area contributed by atoms with Gasteiger partial charge in [-0.15, -0.1) is 0 Å². The van der Waals surface area contributed by atoms with E-state index in [4.69, 9.17) is 0 Å². The zero-order valence-electron chi connectivity index (χ0n) is 9.86. The maximum Gasteiger partial charge on any atom is 0.261 e. The summed E-state index contributed by atoms with van der Waals surface area (Å²) in [6.45, 7) is 3.31. The molecular formula is C13H15NO3. The summed E-state index contributed by atoms with van der Waals surface area (Å²) in [7, 11) is 0. The van der Waals surface area contributed by atoms with Gasteiger partial charge in [-0.3, -0.25) is 9.59 Å². The Hall–Kier alpha value is -1.68. The molecular weight excluding hydrogens is 218 g/mol. The molecule has 1 aromatic rings. The third-order valence-electron chi connectivity index (χ3n) is 3.39. The number of benzene rings is 1. The van der Waals surface area contributed by atoms with Gasteiger partial charge in [0.25, 0.3) is 5.91 Å². The van der Waals surface area contributed by atoms with E-state index < -0.39 is 17.4 Å². The second-order valence-electron chi connectivity index (χ2n) is 4.31. The van der Waals surface area contributed by atoms with Crippen LogP contribution in [0, 0.1) is 5.92 Å². The lowest BCUT2D eigenvalue weighted by Crippen LogP contribution is -2.43. The third-order valence-corrected chi connectivity index (χ3v) is 3.39. The Balaban J connectivity index is 2.50. The number of anilines is 1. The first-order chi connectivity index (χ1) is 8.01. The minimum absolute atomic E-state index is 0.126. The van der Waals surface area contributed by atoms with Crippen LogP contribution in [0.15, 0.2) is 24.3 Å². The van der Waals surface area contributed by atoms with Gasteiger partial charge in [0, 0.05) is 17.7 Å². The van der Waals surface area contributed by atoms with Crippen molar-refractivity contribution in [3.8, 4) is 0 Å². The number of nitrogens with one attached hydrogen (secondary N) is 1. The number of Topliss-reactive ketones (excluding diaryl/α,β-unsaturated/α-hetero) is 1. The highest BCUT2D eigenvalue weighted by atomic mass is 16.3. The summed E-state index contributed by atoms with van der Waals surface area (Å²) in [5, 5.41) is 13.2. The fourth-order valence-corrected chi connectivity index (χ4v) is 2.23. The number of rotatable bonds is 3. The topological polar surface area (TPSA) is 66.4 Å². The molecule has 1 aromatic carbocycles. The molecule has 0 unspecified atom stereocenters. The largest absolute Gasteiger partial charge is 0.375 e. The first-order valence-electron chi connectivity index (χ1n) is 5.67. The van der Waals surface area contributed by atoms with Crippen molar-refractivity contribution in [3.63, 3.8) is 0 Å². The number of fused-ring (bicyclic) bond motifs is 1. The van der Waals surface area contributed by atoms with E-state index in [2.05, 4.69) is 5.32 Å². The Kier molecular flexibility index (Phi) is 2.75. The van der Waals surface area contributed by atoms with Gasteiger partial charge in [-0.05, 0) is 6.07 Å². The molecule has 17 heavy (non-hydrogen) atoms.